The second kappa shape index (κ2) is 6.31. The van der Waals surface area contributed by atoms with E-state index in [1.54, 1.807) is 25.3 Å². The van der Waals surface area contributed by atoms with Crippen LogP contribution in [0.5, 0.6) is 0 Å². The van der Waals surface area contributed by atoms with Gasteiger partial charge in [0.15, 0.2) is 6.04 Å². The maximum atomic E-state index is 11.6. The molecule has 1 aromatic rings. The maximum absolute atomic E-state index is 11.6. The number of nitrogens with one attached hydrogen (secondary N) is 1. The molecule has 1 amide bonds. The molecule has 0 spiro atoms. The zero-order valence-corrected chi connectivity index (χ0v) is 10.7. The van der Waals surface area contributed by atoms with Crippen LogP contribution in [0.3, 0.4) is 0 Å². The van der Waals surface area contributed by atoms with Gasteiger partial charge in [-0.1, -0.05) is 0 Å². The van der Waals surface area contributed by atoms with Gasteiger partial charge in [0.1, 0.15) is 4.60 Å². The Kier molecular flexibility index (Phi) is 5.05. The van der Waals surface area contributed by atoms with E-state index in [2.05, 4.69) is 31.0 Å². The van der Waals surface area contributed by atoms with E-state index < -0.39 is 17.9 Å². The Hall–Kier alpha value is -1.47. The van der Waals surface area contributed by atoms with E-state index in [0.717, 1.165) is 0 Å². The lowest BCUT2D eigenvalue weighted by molar-refractivity contribution is -0.146. The van der Waals surface area contributed by atoms with Crippen molar-refractivity contribution in [1.29, 1.82) is 0 Å². The summed E-state index contributed by atoms with van der Waals surface area (Å²) in [4.78, 5) is 26.7. The van der Waals surface area contributed by atoms with Gasteiger partial charge in [0.2, 0.25) is 0 Å². The fraction of sp³-hybridized carbons (Fsp3) is 0.300. The first kappa shape index (κ1) is 13.6. The number of esters is 1. The number of nitrogens with two attached hydrogens (primary N) is 1. The first-order valence-corrected chi connectivity index (χ1v) is 5.69. The quantitative estimate of drug-likeness (QED) is 0.484. The van der Waals surface area contributed by atoms with Crippen LogP contribution in [-0.2, 0) is 14.3 Å². The van der Waals surface area contributed by atoms with Crippen molar-refractivity contribution in [3.63, 3.8) is 0 Å². The van der Waals surface area contributed by atoms with Crippen LogP contribution < -0.4 is 11.1 Å². The van der Waals surface area contributed by atoms with Gasteiger partial charge in [-0.2, -0.15) is 0 Å². The average molecular weight is 302 g/mol. The highest BCUT2D eigenvalue weighted by atomic mass is 79.9. The highest BCUT2D eigenvalue weighted by Crippen LogP contribution is 2.18. The average Bonchev–Trinajstić information content (AvgIpc) is 2.31. The number of carbonyl (C=O) groups is 2. The molecule has 0 aliphatic heterocycles. The molecule has 1 aromatic heterocycles. The summed E-state index contributed by atoms with van der Waals surface area (Å²) in [6.07, 6.45) is 1.56. The third-order valence-corrected chi connectivity index (χ3v) is 2.47. The van der Waals surface area contributed by atoms with Gasteiger partial charge >= 0.3 is 5.97 Å². The fourth-order valence-corrected chi connectivity index (χ4v) is 1.38. The van der Waals surface area contributed by atoms with Crippen LogP contribution in [0, 0.1) is 0 Å². The second-order valence-corrected chi connectivity index (χ2v) is 3.81. The third-order valence-electron chi connectivity index (χ3n) is 1.84. The minimum Gasteiger partial charge on any atom is -0.464 e. The highest BCUT2D eigenvalue weighted by molar-refractivity contribution is 9.10. The van der Waals surface area contributed by atoms with Gasteiger partial charge < -0.3 is 15.8 Å². The van der Waals surface area contributed by atoms with E-state index in [1.165, 1.54) is 0 Å². The van der Waals surface area contributed by atoms with Gasteiger partial charge in [-0.3, -0.25) is 4.79 Å². The minimum absolute atomic E-state index is 0.177. The number of rotatable bonds is 4. The molecule has 1 rings (SSSR count). The molecule has 3 N–H and O–H groups in total. The van der Waals surface area contributed by atoms with Crippen molar-refractivity contribution in [2.24, 2.45) is 5.73 Å². The fourth-order valence-electron chi connectivity index (χ4n) is 1.03. The van der Waals surface area contributed by atoms with Crippen LogP contribution in [-0.4, -0.2) is 29.5 Å². The number of nitrogens with zero attached hydrogens (tertiary/aromatic N) is 1. The number of halogens is 1. The molecule has 0 aliphatic carbocycles. The molecule has 7 heteroatoms. The van der Waals surface area contributed by atoms with Crippen molar-refractivity contribution in [2.45, 2.75) is 13.0 Å². The summed E-state index contributed by atoms with van der Waals surface area (Å²) < 4.78 is 5.10. The number of carbonyl (C=O) groups excluding carboxylic acids is 2. The Morgan fingerprint density at radius 3 is 2.94 bits per heavy atom. The summed E-state index contributed by atoms with van der Waals surface area (Å²) in [5.41, 5.74) is 5.86. The van der Waals surface area contributed by atoms with E-state index in [0.29, 0.717) is 10.3 Å². The molecule has 0 bridgehead atoms. The molecular formula is C10H12BrN3O3. The summed E-state index contributed by atoms with van der Waals surface area (Å²) in [6, 6.07) is 1.94. The predicted molar refractivity (Wildman–Crippen MR) is 65.2 cm³/mol. The standard InChI is InChI=1S/C10H12BrN3O3/c1-2-17-10(16)7(12)9(15)14-6-4-3-5-13-8(6)11/h3-5,7H,2,12H2,1H3,(H,14,15). The van der Waals surface area contributed by atoms with Crippen molar-refractivity contribution < 1.29 is 14.3 Å². The smallest absolute Gasteiger partial charge is 0.332 e. The van der Waals surface area contributed by atoms with Crippen LogP contribution in [0.4, 0.5) is 5.69 Å². The number of anilines is 1. The molecule has 6 nitrogen and oxygen atoms in total. The summed E-state index contributed by atoms with van der Waals surface area (Å²) in [6.45, 7) is 1.82. The van der Waals surface area contributed by atoms with Crippen LogP contribution in [0.15, 0.2) is 22.9 Å². The Bertz CT molecular complexity index is 425. The lowest BCUT2D eigenvalue weighted by Gasteiger charge is -2.11. The number of hydrogen-bond acceptors (Lipinski definition) is 5. The summed E-state index contributed by atoms with van der Waals surface area (Å²) >= 11 is 3.16. The van der Waals surface area contributed by atoms with Crippen LogP contribution in [0.1, 0.15) is 6.92 Å². The minimum atomic E-state index is -1.35. The van der Waals surface area contributed by atoms with Crippen molar-refractivity contribution >= 4 is 33.5 Å². The van der Waals surface area contributed by atoms with E-state index in [1.807, 2.05) is 0 Å². The maximum Gasteiger partial charge on any atom is 0.332 e. The lowest BCUT2D eigenvalue weighted by Crippen LogP contribution is -2.43. The van der Waals surface area contributed by atoms with Gasteiger partial charge in [-0.15, -0.1) is 0 Å². The van der Waals surface area contributed by atoms with E-state index in [4.69, 9.17) is 5.73 Å². The molecular weight excluding hydrogens is 290 g/mol. The molecule has 0 aromatic carbocycles. The summed E-state index contributed by atoms with van der Waals surface area (Å²) in [7, 11) is 0. The number of amides is 1. The Balaban J connectivity index is 2.67. The lowest BCUT2D eigenvalue weighted by atomic mass is 10.3. The zero-order chi connectivity index (χ0) is 12.8. The Morgan fingerprint density at radius 2 is 2.35 bits per heavy atom. The Morgan fingerprint density at radius 1 is 1.65 bits per heavy atom. The van der Waals surface area contributed by atoms with E-state index in [9.17, 15) is 9.59 Å². The van der Waals surface area contributed by atoms with Crippen LogP contribution in [0.25, 0.3) is 0 Å². The topological polar surface area (TPSA) is 94.3 Å². The van der Waals surface area contributed by atoms with Crippen molar-refractivity contribution in [3.8, 4) is 0 Å². The SMILES string of the molecule is CCOC(=O)C(N)C(=O)Nc1cccnc1Br. The normalized spacial score (nSPS) is 11.7. The van der Waals surface area contributed by atoms with Gasteiger partial charge in [0, 0.05) is 6.20 Å². The van der Waals surface area contributed by atoms with Crippen molar-refractivity contribution in [2.75, 3.05) is 11.9 Å². The number of aromatic nitrogens is 1. The molecule has 92 valence electrons. The molecule has 17 heavy (non-hydrogen) atoms. The zero-order valence-electron chi connectivity index (χ0n) is 9.14. The number of hydrogen-bond donors (Lipinski definition) is 2. The highest BCUT2D eigenvalue weighted by Gasteiger charge is 2.23. The monoisotopic (exact) mass is 301 g/mol. The van der Waals surface area contributed by atoms with E-state index >= 15 is 0 Å². The van der Waals surface area contributed by atoms with Crippen molar-refractivity contribution in [1.82, 2.24) is 4.98 Å². The van der Waals surface area contributed by atoms with Crippen molar-refractivity contribution in [3.05, 3.63) is 22.9 Å². The van der Waals surface area contributed by atoms with Gasteiger partial charge in [0.25, 0.3) is 5.91 Å². The molecule has 0 fully saturated rings. The van der Waals surface area contributed by atoms with Crippen LogP contribution in [0.2, 0.25) is 0 Å². The molecule has 1 heterocycles. The number of ether oxygens (including phenoxy) is 1. The van der Waals surface area contributed by atoms with E-state index in [-0.39, 0.29) is 6.61 Å². The van der Waals surface area contributed by atoms with Crippen LogP contribution >= 0.6 is 15.9 Å². The largest absolute Gasteiger partial charge is 0.464 e. The molecule has 1 unspecified atom stereocenters. The summed E-state index contributed by atoms with van der Waals surface area (Å²) in [5, 5.41) is 2.48. The third kappa shape index (κ3) is 3.79. The van der Waals surface area contributed by atoms with Gasteiger partial charge in [0.05, 0.1) is 12.3 Å². The molecule has 1 atom stereocenters. The molecule has 0 saturated carbocycles. The first-order valence-electron chi connectivity index (χ1n) is 4.89. The second-order valence-electron chi connectivity index (χ2n) is 3.06. The van der Waals surface area contributed by atoms with Gasteiger partial charge in [-0.05, 0) is 35.0 Å². The summed E-state index contributed by atoms with van der Waals surface area (Å²) in [5.74, 6) is -1.40. The molecule has 0 saturated heterocycles. The molecule has 0 aliphatic rings. The predicted octanol–water partition coefficient (Wildman–Crippen LogP) is 0.673. The first-order chi connectivity index (χ1) is 8.06. The van der Waals surface area contributed by atoms with Gasteiger partial charge in [-0.25, -0.2) is 9.78 Å². The molecule has 0 radical (unpaired) electrons. The Labute approximate surface area is 107 Å². The number of pyridine rings is 1.